The Balaban J connectivity index is 1.90. The van der Waals surface area contributed by atoms with Crippen molar-refractivity contribution in [1.82, 2.24) is 10.2 Å². The third kappa shape index (κ3) is 5.24. The molecule has 122 valence electrons. The molecule has 0 unspecified atom stereocenters. The van der Waals surface area contributed by atoms with Gasteiger partial charge in [0.15, 0.2) is 0 Å². The molecule has 0 aromatic heterocycles. The van der Waals surface area contributed by atoms with Gasteiger partial charge in [-0.3, -0.25) is 9.69 Å². The van der Waals surface area contributed by atoms with Crippen molar-refractivity contribution in [3.05, 3.63) is 69.7 Å². The van der Waals surface area contributed by atoms with Crippen molar-refractivity contribution in [3.8, 4) is 0 Å². The monoisotopic (exact) mass is 350 g/mol. The number of carbonyl (C=O) groups is 1. The molecule has 0 saturated carbocycles. The number of halogens is 2. The summed E-state index contributed by atoms with van der Waals surface area (Å²) in [6.45, 7) is 2.99. The number of rotatable bonds is 6. The molecule has 1 amide bonds. The Labute approximate surface area is 147 Å². The molecule has 0 fully saturated rings. The summed E-state index contributed by atoms with van der Waals surface area (Å²) in [6, 6.07) is 15.0. The molecule has 0 saturated heterocycles. The fourth-order valence-corrected chi connectivity index (χ4v) is 2.66. The Kier molecular flexibility index (Phi) is 6.46. The number of nitrogens with one attached hydrogen (secondary N) is 1. The van der Waals surface area contributed by atoms with Gasteiger partial charge in [0.25, 0.3) is 0 Å². The molecule has 0 bridgehead atoms. The summed E-state index contributed by atoms with van der Waals surface area (Å²) in [5.41, 5.74) is 2.03. The van der Waals surface area contributed by atoms with Crippen molar-refractivity contribution in [1.29, 1.82) is 0 Å². The number of carbonyl (C=O) groups excluding carboxylic acids is 1. The normalized spacial score (nSPS) is 12.2. The van der Waals surface area contributed by atoms with E-state index >= 15 is 0 Å². The Morgan fingerprint density at radius 2 is 1.87 bits per heavy atom. The molecule has 0 heterocycles. The highest BCUT2D eigenvalue weighted by molar-refractivity contribution is 6.35. The van der Waals surface area contributed by atoms with Gasteiger partial charge in [-0.25, -0.2) is 0 Å². The minimum atomic E-state index is -0.259. The molecule has 1 atom stereocenters. The van der Waals surface area contributed by atoms with Gasteiger partial charge in [0.2, 0.25) is 5.91 Å². The number of hydrogen-bond donors (Lipinski definition) is 1. The minimum absolute atomic E-state index is 0.0126. The molecule has 0 aliphatic rings. The molecular formula is C18H20Cl2N2O. The van der Waals surface area contributed by atoms with Gasteiger partial charge in [0.1, 0.15) is 0 Å². The first-order valence-electron chi connectivity index (χ1n) is 7.43. The van der Waals surface area contributed by atoms with Crippen molar-refractivity contribution < 1.29 is 4.79 Å². The molecule has 2 rings (SSSR count). The van der Waals surface area contributed by atoms with Gasteiger partial charge in [0.05, 0.1) is 6.04 Å². The largest absolute Gasteiger partial charge is 0.351 e. The Hall–Kier alpha value is -1.55. The second kappa shape index (κ2) is 8.34. The number of amides is 1. The highest BCUT2D eigenvalue weighted by atomic mass is 35.5. The molecule has 0 spiro atoms. The van der Waals surface area contributed by atoms with Crippen LogP contribution in [0.5, 0.6) is 0 Å². The minimum Gasteiger partial charge on any atom is -0.351 e. The lowest BCUT2D eigenvalue weighted by Gasteiger charge is -2.24. The molecule has 2 aromatic carbocycles. The number of hydrogen-bond acceptors (Lipinski definition) is 2. The smallest absolute Gasteiger partial charge is 0.237 e. The highest BCUT2D eigenvalue weighted by Crippen LogP contribution is 2.22. The van der Waals surface area contributed by atoms with Crippen molar-refractivity contribution in [3.63, 3.8) is 0 Å². The average molecular weight is 351 g/mol. The fourth-order valence-electron chi connectivity index (χ4n) is 2.19. The van der Waals surface area contributed by atoms with E-state index in [-0.39, 0.29) is 11.9 Å². The van der Waals surface area contributed by atoms with Crippen LogP contribution in [0.25, 0.3) is 0 Å². The van der Waals surface area contributed by atoms with Crippen molar-refractivity contribution in [2.45, 2.75) is 26.1 Å². The predicted octanol–water partition coefficient (Wildman–Crippen LogP) is 4.13. The summed E-state index contributed by atoms with van der Waals surface area (Å²) in [4.78, 5) is 14.2. The van der Waals surface area contributed by atoms with Crippen LogP contribution in [-0.2, 0) is 17.9 Å². The second-order valence-electron chi connectivity index (χ2n) is 5.53. The molecule has 2 aromatic rings. The van der Waals surface area contributed by atoms with Gasteiger partial charge in [-0.2, -0.15) is 0 Å². The summed E-state index contributed by atoms with van der Waals surface area (Å²) >= 11 is 12.1. The number of nitrogens with zero attached hydrogens (tertiary/aromatic N) is 1. The molecule has 1 N–H and O–H groups in total. The zero-order chi connectivity index (χ0) is 16.8. The maximum atomic E-state index is 12.3. The Bertz CT molecular complexity index is 661. The van der Waals surface area contributed by atoms with E-state index in [1.165, 1.54) is 0 Å². The molecular weight excluding hydrogens is 331 g/mol. The summed E-state index contributed by atoms with van der Waals surface area (Å²) in [6.07, 6.45) is 0. The fraction of sp³-hybridized carbons (Fsp3) is 0.278. The lowest BCUT2D eigenvalue weighted by Crippen LogP contribution is -2.42. The second-order valence-corrected chi connectivity index (χ2v) is 6.37. The molecule has 3 nitrogen and oxygen atoms in total. The van der Waals surface area contributed by atoms with E-state index in [0.29, 0.717) is 23.1 Å². The lowest BCUT2D eigenvalue weighted by molar-refractivity contribution is -0.125. The van der Waals surface area contributed by atoms with Crippen LogP contribution in [0, 0.1) is 0 Å². The van der Waals surface area contributed by atoms with Crippen LogP contribution in [0.4, 0.5) is 0 Å². The molecule has 23 heavy (non-hydrogen) atoms. The zero-order valence-corrected chi connectivity index (χ0v) is 14.7. The van der Waals surface area contributed by atoms with E-state index in [1.54, 1.807) is 12.1 Å². The van der Waals surface area contributed by atoms with Crippen LogP contribution < -0.4 is 5.32 Å². The van der Waals surface area contributed by atoms with Crippen molar-refractivity contribution in [2.24, 2.45) is 0 Å². The average Bonchev–Trinajstić information content (AvgIpc) is 2.55. The van der Waals surface area contributed by atoms with Gasteiger partial charge < -0.3 is 5.32 Å². The van der Waals surface area contributed by atoms with Crippen LogP contribution in [0.1, 0.15) is 18.1 Å². The van der Waals surface area contributed by atoms with E-state index < -0.39 is 0 Å². The van der Waals surface area contributed by atoms with Crippen LogP contribution >= 0.6 is 23.2 Å². The molecule has 0 radical (unpaired) electrons. The Morgan fingerprint density at radius 3 is 2.52 bits per heavy atom. The van der Waals surface area contributed by atoms with Crippen LogP contribution in [0.3, 0.4) is 0 Å². The van der Waals surface area contributed by atoms with Crippen LogP contribution in [0.15, 0.2) is 48.5 Å². The summed E-state index contributed by atoms with van der Waals surface area (Å²) < 4.78 is 0. The third-order valence-electron chi connectivity index (χ3n) is 3.79. The van der Waals surface area contributed by atoms with Crippen molar-refractivity contribution in [2.75, 3.05) is 7.05 Å². The van der Waals surface area contributed by atoms with E-state index in [2.05, 4.69) is 5.32 Å². The number of benzene rings is 2. The van der Waals surface area contributed by atoms with Crippen molar-refractivity contribution >= 4 is 29.1 Å². The maximum absolute atomic E-state index is 12.3. The van der Waals surface area contributed by atoms with Gasteiger partial charge in [0, 0.05) is 23.1 Å². The maximum Gasteiger partial charge on any atom is 0.237 e. The lowest BCUT2D eigenvalue weighted by atomic mass is 10.1. The van der Waals surface area contributed by atoms with Gasteiger partial charge >= 0.3 is 0 Å². The van der Waals surface area contributed by atoms with Crippen LogP contribution in [0.2, 0.25) is 10.0 Å². The zero-order valence-electron chi connectivity index (χ0n) is 13.2. The first kappa shape index (κ1) is 17.8. The van der Waals surface area contributed by atoms with Crippen LogP contribution in [-0.4, -0.2) is 23.9 Å². The number of likely N-dealkylation sites (N-methyl/N-ethyl adjacent to an activating group) is 1. The molecule has 0 aliphatic carbocycles. The highest BCUT2D eigenvalue weighted by Gasteiger charge is 2.18. The SMILES string of the molecule is C[C@@H](C(=O)NCc1ccccc1)N(C)Cc1ccc(Cl)cc1Cl. The van der Waals surface area contributed by atoms with Gasteiger partial charge in [-0.15, -0.1) is 0 Å². The third-order valence-corrected chi connectivity index (χ3v) is 4.37. The van der Waals surface area contributed by atoms with E-state index in [1.807, 2.05) is 55.3 Å². The first-order valence-corrected chi connectivity index (χ1v) is 8.19. The van der Waals surface area contributed by atoms with E-state index in [4.69, 9.17) is 23.2 Å². The van der Waals surface area contributed by atoms with Gasteiger partial charge in [-0.05, 0) is 37.2 Å². The molecule has 5 heteroatoms. The first-order chi connectivity index (χ1) is 11.0. The standard InChI is InChI=1S/C18H20Cl2N2O/c1-13(18(23)21-11-14-6-4-3-5-7-14)22(2)12-15-8-9-16(19)10-17(15)20/h3-10,13H,11-12H2,1-2H3,(H,21,23)/t13-/m0/s1. The van der Waals surface area contributed by atoms with E-state index in [9.17, 15) is 4.79 Å². The Morgan fingerprint density at radius 1 is 1.17 bits per heavy atom. The van der Waals surface area contributed by atoms with Gasteiger partial charge in [-0.1, -0.05) is 59.6 Å². The molecule has 0 aliphatic heterocycles. The van der Waals surface area contributed by atoms with E-state index in [0.717, 1.165) is 11.1 Å². The summed E-state index contributed by atoms with van der Waals surface area (Å²) in [5.74, 6) is -0.0126. The quantitative estimate of drug-likeness (QED) is 0.849. The summed E-state index contributed by atoms with van der Waals surface area (Å²) in [5, 5.41) is 4.17. The summed E-state index contributed by atoms with van der Waals surface area (Å²) in [7, 11) is 1.90. The predicted molar refractivity (Wildman–Crippen MR) is 95.7 cm³/mol. The topological polar surface area (TPSA) is 32.3 Å².